The summed E-state index contributed by atoms with van der Waals surface area (Å²) >= 11 is 6.61. The molecule has 142 valence electrons. The summed E-state index contributed by atoms with van der Waals surface area (Å²) in [6.07, 6.45) is 2.22. The summed E-state index contributed by atoms with van der Waals surface area (Å²) in [5.41, 5.74) is 6.28. The van der Waals surface area contributed by atoms with E-state index in [-0.39, 0.29) is 11.9 Å². The molecule has 0 atom stereocenters. The van der Waals surface area contributed by atoms with E-state index in [1.165, 1.54) is 4.57 Å². The molecule has 8 nitrogen and oxygen atoms in total. The number of halogens is 2. The van der Waals surface area contributed by atoms with Crippen LogP contribution in [0, 0.1) is 0 Å². The SMILES string of the molecule is CC(C)(C)OC(=O)n1cc(CCCNC(=O)c2cc(Br)c(Br)[nH]2)nc1N. The van der Waals surface area contributed by atoms with Crippen molar-refractivity contribution in [3.63, 3.8) is 0 Å². The molecule has 0 saturated carbocycles. The third-order valence-electron chi connectivity index (χ3n) is 3.24. The number of carbonyl (C=O) groups is 2. The van der Waals surface area contributed by atoms with Gasteiger partial charge in [0.2, 0.25) is 5.95 Å². The molecule has 4 N–H and O–H groups in total. The lowest BCUT2D eigenvalue weighted by atomic mass is 10.2. The van der Waals surface area contributed by atoms with E-state index in [0.29, 0.717) is 35.4 Å². The first-order chi connectivity index (χ1) is 12.1. The minimum absolute atomic E-state index is 0.0828. The van der Waals surface area contributed by atoms with Crippen LogP contribution in [0.25, 0.3) is 0 Å². The third-order valence-corrected chi connectivity index (χ3v) is 5.02. The molecule has 0 aromatic carbocycles. The van der Waals surface area contributed by atoms with Gasteiger partial charge in [0, 0.05) is 12.7 Å². The van der Waals surface area contributed by atoms with Crippen LogP contribution in [0.1, 0.15) is 43.4 Å². The fourth-order valence-electron chi connectivity index (χ4n) is 2.12. The van der Waals surface area contributed by atoms with Gasteiger partial charge >= 0.3 is 6.09 Å². The molecule has 10 heteroatoms. The molecule has 26 heavy (non-hydrogen) atoms. The number of nitrogens with zero attached hydrogens (tertiary/aromatic N) is 2. The second-order valence-electron chi connectivity index (χ2n) is 6.65. The van der Waals surface area contributed by atoms with Gasteiger partial charge in [-0.05, 0) is 71.5 Å². The first-order valence-corrected chi connectivity index (χ1v) is 9.54. The zero-order chi connectivity index (χ0) is 19.5. The Morgan fingerprint density at radius 3 is 2.65 bits per heavy atom. The van der Waals surface area contributed by atoms with Crippen LogP contribution in [0.2, 0.25) is 0 Å². The molecular formula is C16H21Br2N5O3. The summed E-state index contributed by atoms with van der Waals surface area (Å²) in [6, 6.07) is 1.70. The van der Waals surface area contributed by atoms with Crippen molar-refractivity contribution in [2.75, 3.05) is 12.3 Å². The minimum Gasteiger partial charge on any atom is -0.443 e. The Morgan fingerprint density at radius 1 is 1.38 bits per heavy atom. The van der Waals surface area contributed by atoms with E-state index in [1.807, 2.05) is 0 Å². The average Bonchev–Trinajstić information content (AvgIpc) is 3.05. The molecule has 0 fully saturated rings. The molecule has 0 aliphatic carbocycles. The van der Waals surface area contributed by atoms with E-state index in [2.05, 4.69) is 47.1 Å². The summed E-state index contributed by atoms with van der Waals surface area (Å²) in [5.74, 6) is -0.116. The van der Waals surface area contributed by atoms with E-state index in [9.17, 15) is 9.59 Å². The van der Waals surface area contributed by atoms with Gasteiger partial charge in [-0.15, -0.1) is 0 Å². The van der Waals surface area contributed by atoms with Gasteiger partial charge in [0.05, 0.1) is 14.8 Å². The normalized spacial score (nSPS) is 11.4. The number of H-pyrrole nitrogens is 1. The van der Waals surface area contributed by atoms with Crippen LogP contribution in [-0.4, -0.2) is 38.7 Å². The average molecular weight is 491 g/mol. The summed E-state index contributed by atoms with van der Waals surface area (Å²) in [4.78, 5) is 31.1. The van der Waals surface area contributed by atoms with Crippen LogP contribution in [0.4, 0.5) is 10.7 Å². The number of aromatic amines is 1. The molecule has 0 aliphatic rings. The highest BCUT2D eigenvalue weighted by molar-refractivity contribution is 9.13. The number of aryl methyl sites for hydroxylation is 1. The summed E-state index contributed by atoms with van der Waals surface area (Å²) in [5, 5.41) is 2.82. The maximum atomic E-state index is 12.1. The number of amides is 1. The maximum absolute atomic E-state index is 12.1. The standard InChI is InChI=1S/C16H21Br2N5O3/c1-16(2,3)26-15(25)23-8-9(21-14(23)19)5-4-6-20-13(24)11-7-10(17)12(18)22-11/h7-8,22H,4-6H2,1-3H3,(H2,19,21)(H,20,24). The van der Waals surface area contributed by atoms with E-state index in [0.717, 1.165) is 4.47 Å². The van der Waals surface area contributed by atoms with Gasteiger partial charge in [0.15, 0.2) is 0 Å². The smallest absolute Gasteiger partial charge is 0.421 e. The number of nitrogen functional groups attached to an aromatic ring is 1. The van der Waals surface area contributed by atoms with Crippen LogP contribution in [0.15, 0.2) is 21.3 Å². The molecule has 0 aliphatic heterocycles. The lowest BCUT2D eigenvalue weighted by Gasteiger charge is -2.19. The van der Waals surface area contributed by atoms with Crippen molar-refractivity contribution in [1.82, 2.24) is 19.9 Å². The topological polar surface area (TPSA) is 115 Å². The molecular weight excluding hydrogens is 470 g/mol. The zero-order valence-corrected chi connectivity index (χ0v) is 17.9. The number of ether oxygens (including phenoxy) is 1. The Bertz CT molecular complexity index is 788. The predicted octanol–water partition coefficient (Wildman–Crippen LogP) is 3.46. The van der Waals surface area contributed by atoms with Gasteiger partial charge in [0.1, 0.15) is 11.3 Å². The lowest BCUT2D eigenvalue weighted by molar-refractivity contribution is 0.0540. The van der Waals surface area contributed by atoms with Crippen LogP contribution in [0.3, 0.4) is 0 Å². The van der Waals surface area contributed by atoms with Crippen molar-refractivity contribution in [2.45, 2.75) is 39.2 Å². The number of nitrogens with one attached hydrogen (secondary N) is 2. The van der Waals surface area contributed by atoms with Gasteiger partial charge in [-0.3, -0.25) is 4.79 Å². The Kier molecular flexibility index (Phi) is 6.51. The van der Waals surface area contributed by atoms with Gasteiger partial charge < -0.3 is 20.8 Å². The van der Waals surface area contributed by atoms with Crippen LogP contribution < -0.4 is 11.1 Å². The molecule has 0 saturated heterocycles. The first kappa shape index (κ1) is 20.5. The minimum atomic E-state index is -0.611. The van der Waals surface area contributed by atoms with Crippen molar-refractivity contribution >= 4 is 49.8 Å². The summed E-state index contributed by atoms with van der Waals surface area (Å²) < 4.78 is 7.96. The Labute approximate surface area is 168 Å². The van der Waals surface area contributed by atoms with E-state index in [1.54, 1.807) is 33.0 Å². The highest BCUT2D eigenvalue weighted by Gasteiger charge is 2.20. The van der Waals surface area contributed by atoms with E-state index in [4.69, 9.17) is 10.5 Å². The Morgan fingerprint density at radius 2 is 2.08 bits per heavy atom. The number of rotatable bonds is 5. The quantitative estimate of drug-likeness (QED) is 0.555. The van der Waals surface area contributed by atoms with Crippen molar-refractivity contribution in [3.05, 3.63) is 32.7 Å². The van der Waals surface area contributed by atoms with Crippen molar-refractivity contribution in [1.29, 1.82) is 0 Å². The van der Waals surface area contributed by atoms with Crippen molar-refractivity contribution < 1.29 is 14.3 Å². The van der Waals surface area contributed by atoms with Gasteiger partial charge in [-0.25, -0.2) is 14.3 Å². The number of hydrogen-bond acceptors (Lipinski definition) is 5. The summed E-state index contributed by atoms with van der Waals surface area (Å²) in [7, 11) is 0. The number of nitrogens with two attached hydrogens (primary N) is 1. The second-order valence-corrected chi connectivity index (χ2v) is 8.29. The fourth-order valence-corrected chi connectivity index (χ4v) is 2.77. The molecule has 0 bridgehead atoms. The molecule has 0 radical (unpaired) electrons. The van der Waals surface area contributed by atoms with Crippen LogP contribution in [-0.2, 0) is 11.2 Å². The zero-order valence-electron chi connectivity index (χ0n) is 14.7. The van der Waals surface area contributed by atoms with Crippen LogP contribution >= 0.6 is 31.9 Å². The number of imidazole rings is 1. The Balaban J connectivity index is 1.84. The first-order valence-electron chi connectivity index (χ1n) is 7.96. The number of anilines is 1. The highest BCUT2D eigenvalue weighted by atomic mass is 79.9. The number of carbonyl (C=O) groups excluding carboxylic acids is 2. The molecule has 2 rings (SSSR count). The molecule has 2 heterocycles. The molecule has 2 aromatic rings. The van der Waals surface area contributed by atoms with Crippen molar-refractivity contribution in [3.8, 4) is 0 Å². The van der Waals surface area contributed by atoms with Crippen LogP contribution in [0.5, 0.6) is 0 Å². The highest BCUT2D eigenvalue weighted by Crippen LogP contribution is 2.23. The molecule has 2 aromatic heterocycles. The van der Waals surface area contributed by atoms with Gasteiger partial charge in [-0.1, -0.05) is 0 Å². The maximum Gasteiger partial charge on any atom is 0.421 e. The molecule has 1 amide bonds. The lowest BCUT2D eigenvalue weighted by Crippen LogP contribution is -2.27. The Hall–Kier alpha value is -1.81. The van der Waals surface area contributed by atoms with E-state index >= 15 is 0 Å². The largest absolute Gasteiger partial charge is 0.443 e. The third kappa shape index (κ3) is 5.60. The van der Waals surface area contributed by atoms with E-state index < -0.39 is 11.7 Å². The van der Waals surface area contributed by atoms with Gasteiger partial charge in [0.25, 0.3) is 5.91 Å². The fraction of sp³-hybridized carbons (Fsp3) is 0.438. The number of hydrogen-bond donors (Lipinski definition) is 3. The van der Waals surface area contributed by atoms with Gasteiger partial charge in [-0.2, -0.15) is 0 Å². The molecule has 0 spiro atoms. The van der Waals surface area contributed by atoms with Crippen molar-refractivity contribution in [2.24, 2.45) is 0 Å². The second kappa shape index (κ2) is 8.26. The molecule has 0 unspecified atom stereocenters. The summed E-state index contributed by atoms with van der Waals surface area (Å²) in [6.45, 7) is 5.81. The monoisotopic (exact) mass is 489 g/mol. The predicted molar refractivity (Wildman–Crippen MR) is 105 cm³/mol. The number of aromatic nitrogens is 3.